The molecule has 0 bridgehead atoms. The Kier molecular flexibility index (Phi) is 7.48. The maximum atomic E-state index is 9.10. The maximum absolute atomic E-state index is 9.10. The monoisotopic (exact) mass is 267 g/mol. The molecule has 0 saturated heterocycles. The molecule has 1 aromatic rings. The van der Waals surface area contributed by atoms with Gasteiger partial charge in [-0.3, -0.25) is 0 Å². The smallest absolute Gasteiger partial charge is 0.122 e. The van der Waals surface area contributed by atoms with E-state index in [9.17, 15) is 0 Å². The summed E-state index contributed by atoms with van der Waals surface area (Å²) in [5, 5.41) is 21.2. The van der Waals surface area contributed by atoms with Crippen LogP contribution in [0.15, 0.2) is 18.2 Å². The number of rotatable bonds is 9. The largest absolute Gasteiger partial charge is 0.494 e. The molecule has 1 rings (SSSR count). The zero-order chi connectivity index (χ0) is 14.1. The number of nitrogens with one attached hydrogen (secondary N) is 1. The standard InChI is InChI=1S/C15H25NO3/c1-3-19-15-5-4-13(10-12(15)2)6-8-16-14(11-18)7-9-17/h4-5,10,14,16-18H,3,6-9,11H2,1-2H3. The van der Waals surface area contributed by atoms with Gasteiger partial charge >= 0.3 is 0 Å². The van der Waals surface area contributed by atoms with Crippen molar-refractivity contribution in [2.24, 2.45) is 0 Å². The molecule has 1 unspecified atom stereocenters. The molecule has 108 valence electrons. The summed E-state index contributed by atoms with van der Waals surface area (Å²) < 4.78 is 5.51. The molecule has 19 heavy (non-hydrogen) atoms. The highest BCUT2D eigenvalue weighted by Crippen LogP contribution is 2.19. The average molecular weight is 267 g/mol. The Balaban J connectivity index is 2.43. The predicted molar refractivity (Wildman–Crippen MR) is 76.6 cm³/mol. The first-order valence-electron chi connectivity index (χ1n) is 6.88. The summed E-state index contributed by atoms with van der Waals surface area (Å²) in [6.45, 7) is 5.65. The van der Waals surface area contributed by atoms with E-state index in [0.717, 1.165) is 24.3 Å². The minimum atomic E-state index is -0.0196. The molecule has 0 heterocycles. The number of hydrogen-bond donors (Lipinski definition) is 3. The summed E-state index contributed by atoms with van der Waals surface area (Å²) in [5.74, 6) is 0.938. The first-order chi connectivity index (χ1) is 9.21. The van der Waals surface area contributed by atoms with E-state index in [-0.39, 0.29) is 19.3 Å². The summed E-state index contributed by atoms with van der Waals surface area (Å²) in [6.07, 6.45) is 1.48. The summed E-state index contributed by atoms with van der Waals surface area (Å²) in [5.41, 5.74) is 2.39. The highest BCUT2D eigenvalue weighted by atomic mass is 16.5. The van der Waals surface area contributed by atoms with Crippen molar-refractivity contribution < 1.29 is 14.9 Å². The van der Waals surface area contributed by atoms with Crippen molar-refractivity contribution in [3.8, 4) is 5.75 Å². The van der Waals surface area contributed by atoms with Crippen LogP contribution in [0, 0.1) is 6.92 Å². The van der Waals surface area contributed by atoms with Gasteiger partial charge in [0.1, 0.15) is 5.75 Å². The van der Waals surface area contributed by atoms with Crippen molar-refractivity contribution in [2.45, 2.75) is 32.7 Å². The van der Waals surface area contributed by atoms with Crippen LogP contribution >= 0.6 is 0 Å². The number of aryl methyl sites for hydroxylation is 1. The van der Waals surface area contributed by atoms with E-state index < -0.39 is 0 Å². The van der Waals surface area contributed by atoms with E-state index in [2.05, 4.69) is 17.4 Å². The maximum Gasteiger partial charge on any atom is 0.122 e. The molecule has 1 atom stereocenters. The second kappa shape index (κ2) is 8.91. The van der Waals surface area contributed by atoms with Gasteiger partial charge in [0, 0.05) is 12.6 Å². The third-order valence-corrected chi connectivity index (χ3v) is 3.08. The van der Waals surface area contributed by atoms with Crippen LogP contribution in [-0.4, -0.2) is 42.6 Å². The highest BCUT2D eigenvalue weighted by molar-refractivity contribution is 5.36. The van der Waals surface area contributed by atoms with Gasteiger partial charge in [0.25, 0.3) is 0 Å². The Morgan fingerprint density at radius 1 is 1.32 bits per heavy atom. The van der Waals surface area contributed by atoms with Gasteiger partial charge in [-0.25, -0.2) is 0 Å². The lowest BCUT2D eigenvalue weighted by Gasteiger charge is -2.15. The lowest BCUT2D eigenvalue weighted by molar-refractivity contribution is 0.201. The lowest BCUT2D eigenvalue weighted by Crippen LogP contribution is -2.34. The fourth-order valence-corrected chi connectivity index (χ4v) is 2.02. The van der Waals surface area contributed by atoms with Crippen LogP contribution < -0.4 is 10.1 Å². The molecular formula is C15H25NO3. The van der Waals surface area contributed by atoms with Gasteiger partial charge in [-0.05, 0) is 50.4 Å². The lowest BCUT2D eigenvalue weighted by atomic mass is 10.1. The fourth-order valence-electron chi connectivity index (χ4n) is 2.02. The zero-order valence-electron chi connectivity index (χ0n) is 11.9. The minimum Gasteiger partial charge on any atom is -0.494 e. The third kappa shape index (κ3) is 5.59. The highest BCUT2D eigenvalue weighted by Gasteiger charge is 2.06. The van der Waals surface area contributed by atoms with E-state index in [0.29, 0.717) is 13.0 Å². The van der Waals surface area contributed by atoms with Gasteiger partial charge in [-0.1, -0.05) is 12.1 Å². The summed E-state index contributed by atoms with van der Waals surface area (Å²) >= 11 is 0. The molecule has 0 aliphatic carbocycles. The molecule has 0 spiro atoms. The van der Waals surface area contributed by atoms with Crippen molar-refractivity contribution >= 4 is 0 Å². The predicted octanol–water partition coefficient (Wildman–Crippen LogP) is 1.27. The van der Waals surface area contributed by atoms with Crippen LogP contribution in [0.1, 0.15) is 24.5 Å². The van der Waals surface area contributed by atoms with E-state index >= 15 is 0 Å². The Morgan fingerprint density at radius 2 is 2.11 bits per heavy atom. The van der Waals surface area contributed by atoms with Crippen LogP contribution in [0.25, 0.3) is 0 Å². The molecule has 0 amide bonds. The first-order valence-corrected chi connectivity index (χ1v) is 6.88. The van der Waals surface area contributed by atoms with Crippen molar-refractivity contribution in [2.75, 3.05) is 26.4 Å². The number of aliphatic hydroxyl groups is 2. The summed E-state index contributed by atoms with van der Waals surface area (Å²) in [4.78, 5) is 0. The van der Waals surface area contributed by atoms with Gasteiger partial charge in [-0.2, -0.15) is 0 Å². The fraction of sp³-hybridized carbons (Fsp3) is 0.600. The molecule has 0 aromatic heterocycles. The quantitative estimate of drug-likeness (QED) is 0.630. The molecule has 0 saturated carbocycles. The Bertz CT molecular complexity index is 368. The molecule has 3 N–H and O–H groups in total. The van der Waals surface area contributed by atoms with E-state index in [1.807, 2.05) is 19.9 Å². The van der Waals surface area contributed by atoms with Crippen molar-refractivity contribution in [1.82, 2.24) is 5.32 Å². The number of ether oxygens (including phenoxy) is 1. The molecule has 4 heteroatoms. The molecule has 4 nitrogen and oxygen atoms in total. The number of aliphatic hydroxyl groups excluding tert-OH is 2. The summed E-state index contributed by atoms with van der Waals surface area (Å²) in [7, 11) is 0. The minimum absolute atomic E-state index is 0.0196. The van der Waals surface area contributed by atoms with Crippen molar-refractivity contribution in [3.05, 3.63) is 29.3 Å². The zero-order valence-corrected chi connectivity index (χ0v) is 11.9. The second-order valence-corrected chi connectivity index (χ2v) is 4.63. The van der Waals surface area contributed by atoms with Gasteiger partial charge in [0.05, 0.1) is 13.2 Å². The van der Waals surface area contributed by atoms with Crippen LogP contribution in [0.2, 0.25) is 0 Å². The Morgan fingerprint density at radius 3 is 2.68 bits per heavy atom. The topological polar surface area (TPSA) is 61.7 Å². The SMILES string of the molecule is CCOc1ccc(CCNC(CO)CCO)cc1C. The first kappa shape index (κ1) is 16.0. The van der Waals surface area contributed by atoms with Crippen molar-refractivity contribution in [3.63, 3.8) is 0 Å². The van der Waals surface area contributed by atoms with Crippen molar-refractivity contribution in [1.29, 1.82) is 0 Å². The molecule has 0 radical (unpaired) electrons. The molecule has 0 aliphatic rings. The van der Waals surface area contributed by atoms with Gasteiger partial charge in [0.2, 0.25) is 0 Å². The Labute approximate surface area is 115 Å². The molecule has 0 aliphatic heterocycles. The molecular weight excluding hydrogens is 242 g/mol. The summed E-state index contributed by atoms with van der Waals surface area (Å²) in [6, 6.07) is 6.19. The van der Waals surface area contributed by atoms with Crippen LogP contribution in [-0.2, 0) is 6.42 Å². The van der Waals surface area contributed by atoms with Gasteiger partial charge in [-0.15, -0.1) is 0 Å². The number of benzene rings is 1. The average Bonchev–Trinajstić information content (AvgIpc) is 2.41. The number of hydrogen-bond acceptors (Lipinski definition) is 4. The molecule has 1 aromatic carbocycles. The Hall–Kier alpha value is -1.10. The van der Waals surface area contributed by atoms with Crippen LogP contribution in [0.5, 0.6) is 5.75 Å². The normalized spacial score (nSPS) is 12.4. The van der Waals surface area contributed by atoms with Crippen LogP contribution in [0.3, 0.4) is 0 Å². The van der Waals surface area contributed by atoms with Gasteiger partial charge < -0.3 is 20.3 Å². The third-order valence-electron chi connectivity index (χ3n) is 3.08. The van der Waals surface area contributed by atoms with Gasteiger partial charge in [0.15, 0.2) is 0 Å². The molecule has 0 fully saturated rings. The van der Waals surface area contributed by atoms with Crippen LogP contribution in [0.4, 0.5) is 0 Å². The second-order valence-electron chi connectivity index (χ2n) is 4.63. The van der Waals surface area contributed by atoms with E-state index in [1.54, 1.807) is 0 Å². The van der Waals surface area contributed by atoms with E-state index in [1.165, 1.54) is 5.56 Å². The van der Waals surface area contributed by atoms with E-state index in [4.69, 9.17) is 14.9 Å².